The lowest BCUT2D eigenvalue weighted by atomic mass is 10.1. The zero-order chi connectivity index (χ0) is 24.5. The van der Waals surface area contributed by atoms with Gasteiger partial charge < -0.3 is 10.1 Å². The third-order valence-corrected chi connectivity index (χ3v) is 4.86. The molecule has 0 unspecified atom stereocenters. The summed E-state index contributed by atoms with van der Waals surface area (Å²) in [5, 5.41) is 17.5. The Bertz CT molecular complexity index is 1240. The molecule has 0 bridgehead atoms. The zero-order valence-electron chi connectivity index (χ0n) is 18.3. The van der Waals surface area contributed by atoms with E-state index >= 15 is 0 Å². The number of nitro benzene ring substituents is 1. The predicted octanol–water partition coefficient (Wildman–Crippen LogP) is 5.47. The highest BCUT2D eigenvalue weighted by Crippen LogP contribution is 2.33. The lowest BCUT2D eigenvalue weighted by Gasteiger charge is -2.14. The summed E-state index contributed by atoms with van der Waals surface area (Å²) in [5.41, 5.74) is 1.43. The molecule has 0 aliphatic carbocycles. The summed E-state index contributed by atoms with van der Waals surface area (Å²) in [6.45, 7) is 6.28. The number of nitrogens with zero attached hydrogens (tertiary/aromatic N) is 3. The molecule has 3 aromatic rings. The number of nitrogens with one attached hydrogen (secondary N) is 1. The topological polar surface area (TPSA) is 99.3 Å². The van der Waals surface area contributed by atoms with Gasteiger partial charge in [0, 0.05) is 12.1 Å². The van der Waals surface area contributed by atoms with E-state index in [9.17, 15) is 28.1 Å². The van der Waals surface area contributed by atoms with E-state index in [1.54, 1.807) is 6.07 Å². The van der Waals surface area contributed by atoms with Crippen molar-refractivity contribution in [2.45, 2.75) is 40.4 Å². The van der Waals surface area contributed by atoms with Gasteiger partial charge in [0.25, 0.3) is 5.69 Å². The molecule has 0 aliphatic rings. The number of hydrogen-bond acceptors (Lipinski definition) is 5. The molecule has 0 saturated heterocycles. The summed E-state index contributed by atoms with van der Waals surface area (Å²) >= 11 is 0. The van der Waals surface area contributed by atoms with Gasteiger partial charge in [-0.05, 0) is 56.5 Å². The molecule has 1 N–H and O–H groups in total. The average molecular weight is 462 g/mol. The number of carbonyl (C=O) groups excluding carboxylic acids is 1. The van der Waals surface area contributed by atoms with Gasteiger partial charge in [0.1, 0.15) is 23.7 Å². The number of amides is 1. The number of carbonyl (C=O) groups is 1. The molecule has 174 valence electrons. The zero-order valence-corrected chi connectivity index (χ0v) is 18.3. The van der Waals surface area contributed by atoms with Crippen LogP contribution >= 0.6 is 0 Å². The van der Waals surface area contributed by atoms with Gasteiger partial charge in [0.05, 0.1) is 22.4 Å². The number of alkyl halides is 3. The summed E-state index contributed by atoms with van der Waals surface area (Å²) < 4.78 is 45.8. The van der Waals surface area contributed by atoms with Crippen LogP contribution in [-0.4, -0.2) is 20.6 Å². The molecule has 0 spiro atoms. The molecule has 33 heavy (non-hydrogen) atoms. The summed E-state index contributed by atoms with van der Waals surface area (Å²) in [5.74, 6) is -0.247. The minimum atomic E-state index is -4.68. The molecule has 2 aromatic carbocycles. The highest BCUT2D eigenvalue weighted by molar-refractivity contribution is 5.91. The monoisotopic (exact) mass is 462 g/mol. The van der Waals surface area contributed by atoms with Crippen molar-refractivity contribution in [3.05, 3.63) is 74.6 Å². The molecule has 0 radical (unpaired) electrons. The Labute approximate surface area is 187 Å². The molecule has 3 rings (SSSR count). The second kappa shape index (κ2) is 8.93. The highest BCUT2D eigenvalue weighted by Gasteiger charge is 2.35. The Hall–Kier alpha value is -3.89. The van der Waals surface area contributed by atoms with Crippen LogP contribution in [0.3, 0.4) is 0 Å². The molecule has 0 saturated carbocycles. The van der Waals surface area contributed by atoms with Crippen molar-refractivity contribution in [1.82, 2.24) is 9.78 Å². The number of halogens is 3. The number of hydrogen-bond donors (Lipinski definition) is 1. The Morgan fingerprint density at radius 2 is 1.82 bits per heavy atom. The van der Waals surface area contributed by atoms with Crippen LogP contribution in [-0.2, 0) is 17.5 Å². The number of non-ortho nitro benzene ring substituents is 1. The Morgan fingerprint density at radius 1 is 1.12 bits per heavy atom. The van der Waals surface area contributed by atoms with Crippen molar-refractivity contribution in [3.63, 3.8) is 0 Å². The van der Waals surface area contributed by atoms with Crippen LogP contribution in [0.25, 0.3) is 0 Å². The van der Waals surface area contributed by atoms with E-state index in [-0.39, 0.29) is 22.8 Å². The molecule has 11 heteroatoms. The van der Waals surface area contributed by atoms with Crippen molar-refractivity contribution in [3.8, 4) is 11.5 Å². The van der Waals surface area contributed by atoms with Crippen LogP contribution in [0.1, 0.15) is 28.1 Å². The smallest absolute Gasteiger partial charge is 0.433 e. The van der Waals surface area contributed by atoms with Gasteiger partial charge in [-0.15, -0.1) is 0 Å². The number of aryl methyl sites for hydroxylation is 3. The maximum atomic E-state index is 13.1. The van der Waals surface area contributed by atoms with Crippen molar-refractivity contribution in [1.29, 1.82) is 0 Å². The first-order valence-electron chi connectivity index (χ1n) is 9.80. The first-order chi connectivity index (χ1) is 15.3. The fraction of sp³-hybridized carbons (Fsp3) is 0.273. The van der Waals surface area contributed by atoms with E-state index in [2.05, 4.69) is 10.4 Å². The fourth-order valence-corrected chi connectivity index (χ4v) is 3.28. The minimum absolute atomic E-state index is 0.00339. The second-order valence-corrected chi connectivity index (χ2v) is 7.65. The van der Waals surface area contributed by atoms with Gasteiger partial charge in [-0.25, -0.2) is 0 Å². The molecule has 0 aliphatic heterocycles. The van der Waals surface area contributed by atoms with Crippen molar-refractivity contribution in [2.75, 3.05) is 5.32 Å². The van der Waals surface area contributed by atoms with Gasteiger partial charge >= 0.3 is 6.18 Å². The molecule has 1 aromatic heterocycles. The van der Waals surface area contributed by atoms with Crippen molar-refractivity contribution in [2.24, 2.45) is 0 Å². The molecule has 8 nitrogen and oxygen atoms in total. The van der Waals surface area contributed by atoms with E-state index in [1.165, 1.54) is 19.1 Å². The predicted molar refractivity (Wildman–Crippen MR) is 114 cm³/mol. The maximum Gasteiger partial charge on any atom is 0.433 e. The first-order valence-corrected chi connectivity index (χ1v) is 9.80. The second-order valence-electron chi connectivity index (χ2n) is 7.65. The van der Waals surface area contributed by atoms with E-state index in [4.69, 9.17) is 4.74 Å². The largest absolute Gasteiger partial charge is 0.457 e. The summed E-state index contributed by atoms with van der Waals surface area (Å²) in [7, 11) is 0. The van der Waals surface area contributed by atoms with Gasteiger partial charge in [0.15, 0.2) is 0 Å². The Kier molecular flexibility index (Phi) is 6.43. The number of benzene rings is 2. The molecule has 1 amide bonds. The van der Waals surface area contributed by atoms with Gasteiger partial charge in [-0.1, -0.05) is 6.07 Å². The average Bonchev–Trinajstić information content (AvgIpc) is 3.05. The van der Waals surface area contributed by atoms with Gasteiger partial charge in [0.2, 0.25) is 5.91 Å². The number of rotatable bonds is 6. The molecule has 0 fully saturated rings. The highest BCUT2D eigenvalue weighted by atomic mass is 19.4. The van der Waals surface area contributed by atoms with Crippen LogP contribution in [0.2, 0.25) is 0 Å². The number of nitro groups is 1. The van der Waals surface area contributed by atoms with E-state index < -0.39 is 29.2 Å². The Balaban J connectivity index is 1.88. The van der Waals surface area contributed by atoms with Gasteiger partial charge in [-0.3, -0.25) is 19.6 Å². The van der Waals surface area contributed by atoms with Crippen molar-refractivity contribution >= 4 is 17.3 Å². The standard InChI is InChI=1S/C22H21F3N4O4/c1-12-5-13(2)15(4)19(6-12)33-18-9-16(8-17(10-18)29(31)32)26-21(30)11-28-20(22(23,24)25)7-14(3)27-28/h5-10H,11H2,1-4H3,(H,26,30). The third kappa shape index (κ3) is 5.68. The van der Waals surface area contributed by atoms with Gasteiger partial charge in [-0.2, -0.15) is 18.3 Å². The first kappa shape index (κ1) is 23.8. The fourth-order valence-electron chi connectivity index (χ4n) is 3.28. The maximum absolute atomic E-state index is 13.1. The number of aromatic nitrogens is 2. The van der Waals surface area contributed by atoms with E-state index in [0.29, 0.717) is 10.4 Å². The Morgan fingerprint density at radius 3 is 2.45 bits per heavy atom. The summed E-state index contributed by atoms with van der Waals surface area (Å²) in [4.78, 5) is 23.1. The van der Waals surface area contributed by atoms with Crippen LogP contribution < -0.4 is 10.1 Å². The van der Waals surface area contributed by atoms with Crippen LogP contribution in [0, 0.1) is 37.8 Å². The van der Waals surface area contributed by atoms with E-state index in [1.807, 2.05) is 26.8 Å². The molecular weight excluding hydrogens is 441 g/mol. The molecule has 0 atom stereocenters. The van der Waals surface area contributed by atoms with Crippen LogP contribution in [0.15, 0.2) is 36.4 Å². The SMILES string of the molecule is Cc1cc(C)c(C)c(Oc2cc(NC(=O)Cn3nc(C)cc3C(F)(F)F)cc([N+](=O)[O-])c2)c1. The molecular formula is C22H21F3N4O4. The van der Waals surface area contributed by atoms with Crippen LogP contribution in [0.4, 0.5) is 24.5 Å². The summed E-state index contributed by atoms with van der Waals surface area (Å²) in [6, 6.07) is 8.23. The van der Waals surface area contributed by atoms with Crippen molar-refractivity contribution < 1.29 is 27.6 Å². The lowest BCUT2D eigenvalue weighted by molar-refractivity contribution is -0.384. The van der Waals surface area contributed by atoms with E-state index in [0.717, 1.165) is 28.8 Å². The number of ether oxygens (including phenoxy) is 1. The quantitative estimate of drug-likeness (QED) is 0.387. The minimum Gasteiger partial charge on any atom is -0.457 e. The number of anilines is 1. The summed E-state index contributed by atoms with van der Waals surface area (Å²) in [6.07, 6.45) is -4.68. The molecule has 1 heterocycles. The third-order valence-electron chi connectivity index (χ3n) is 4.86. The normalized spacial score (nSPS) is 11.4. The van der Waals surface area contributed by atoms with Crippen LogP contribution in [0.5, 0.6) is 11.5 Å². The lowest BCUT2D eigenvalue weighted by Crippen LogP contribution is -2.23.